The van der Waals surface area contributed by atoms with Crippen molar-refractivity contribution >= 4 is 17.8 Å². The van der Waals surface area contributed by atoms with Gasteiger partial charge in [0.2, 0.25) is 0 Å². The van der Waals surface area contributed by atoms with E-state index in [4.69, 9.17) is 0 Å². The highest BCUT2D eigenvalue weighted by molar-refractivity contribution is 6.06. The Hall–Kier alpha value is -2.36. The van der Waals surface area contributed by atoms with Gasteiger partial charge in [-0.1, -0.05) is 12.1 Å². The van der Waals surface area contributed by atoms with Gasteiger partial charge >= 0.3 is 0 Å². The summed E-state index contributed by atoms with van der Waals surface area (Å²) in [6.07, 6.45) is 0.751. The topological polar surface area (TPSA) is 62.0 Å². The molecule has 1 heterocycles. The van der Waals surface area contributed by atoms with Gasteiger partial charge in [-0.2, -0.15) is 0 Å². The highest BCUT2D eigenvalue weighted by Crippen LogP contribution is 2.30. The molecule has 2 N–H and O–H groups in total. The lowest BCUT2D eigenvalue weighted by molar-refractivity contribution is 0.101. The number of anilines is 1. The van der Waals surface area contributed by atoms with E-state index < -0.39 is 0 Å². The van der Waals surface area contributed by atoms with Crippen molar-refractivity contribution in [2.24, 2.45) is 0 Å². The van der Waals surface area contributed by atoms with Crippen molar-refractivity contribution in [3.8, 4) is 11.1 Å². The third kappa shape index (κ3) is 2.29. The number of carbonyl (C=O) groups is 2. The van der Waals surface area contributed by atoms with Crippen molar-refractivity contribution in [2.45, 2.75) is 13.8 Å². The molecule has 0 aliphatic rings. The molecule has 0 radical (unpaired) electrons. The lowest BCUT2D eigenvalue weighted by atomic mass is 9.98. The molecule has 4 nitrogen and oxygen atoms in total. The molecule has 0 amide bonds. The number of aryl methyl sites for hydroxylation is 1. The molecule has 0 bridgehead atoms. The fourth-order valence-electron chi connectivity index (χ4n) is 2.28. The Balaban J connectivity index is 2.64. The molecule has 0 spiro atoms. The van der Waals surface area contributed by atoms with Crippen LogP contribution >= 0.6 is 0 Å². The smallest absolute Gasteiger partial charge is 0.166 e. The number of nitrogens with one attached hydrogen (secondary N) is 2. The number of carbonyl (C=O) groups excluding carboxylic acids is 2. The van der Waals surface area contributed by atoms with E-state index in [0.717, 1.165) is 23.2 Å². The van der Waals surface area contributed by atoms with E-state index in [1.807, 2.05) is 31.3 Å². The van der Waals surface area contributed by atoms with Gasteiger partial charge in [-0.15, -0.1) is 0 Å². The van der Waals surface area contributed by atoms with Gasteiger partial charge in [-0.25, -0.2) is 0 Å². The van der Waals surface area contributed by atoms with E-state index in [2.05, 4.69) is 10.3 Å². The third-order valence-corrected chi connectivity index (χ3v) is 3.15. The second kappa shape index (κ2) is 5.10. The Kier molecular flexibility index (Phi) is 3.51. The van der Waals surface area contributed by atoms with Crippen molar-refractivity contribution in [3.05, 3.63) is 41.2 Å². The first kappa shape index (κ1) is 13.1. The molecule has 0 unspecified atom stereocenters. The van der Waals surface area contributed by atoms with Gasteiger partial charge in [-0.05, 0) is 31.5 Å². The van der Waals surface area contributed by atoms with Crippen LogP contribution in [0.4, 0.5) is 5.69 Å². The number of rotatable bonds is 4. The number of aromatic nitrogens is 1. The minimum absolute atomic E-state index is 0.0467. The number of hydrogen-bond acceptors (Lipinski definition) is 3. The van der Waals surface area contributed by atoms with Crippen LogP contribution in [0.3, 0.4) is 0 Å². The third-order valence-electron chi connectivity index (χ3n) is 3.15. The molecule has 4 heteroatoms. The summed E-state index contributed by atoms with van der Waals surface area (Å²) in [7, 11) is 1.84. The van der Waals surface area contributed by atoms with Gasteiger partial charge in [0.05, 0.1) is 5.69 Å². The predicted molar refractivity (Wildman–Crippen MR) is 75.9 cm³/mol. The first-order chi connectivity index (χ1) is 9.08. The molecule has 1 aromatic heterocycles. The van der Waals surface area contributed by atoms with Gasteiger partial charge < -0.3 is 10.3 Å². The molecule has 0 aliphatic carbocycles. The van der Waals surface area contributed by atoms with Gasteiger partial charge in [0.25, 0.3) is 0 Å². The zero-order chi connectivity index (χ0) is 14.0. The molecule has 0 saturated carbocycles. The Morgan fingerprint density at radius 2 is 1.89 bits per heavy atom. The van der Waals surface area contributed by atoms with Gasteiger partial charge in [0.1, 0.15) is 0 Å². The van der Waals surface area contributed by atoms with Crippen LogP contribution in [-0.2, 0) is 0 Å². The minimum atomic E-state index is -0.0467. The summed E-state index contributed by atoms with van der Waals surface area (Å²) in [6, 6.07) is 7.62. The normalized spacial score (nSPS) is 10.3. The largest absolute Gasteiger partial charge is 0.388 e. The SMILES string of the molecule is CNc1ccc(-c2c(C=O)[nH]c(C)c2C(C)=O)cc1. The standard InChI is InChI=1S/C15H16N2O2/c1-9-14(10(2)19)15(13(8-18)17-9)11-4-6-12(16-3)7-5-11/h4-8,16-17H,1-3H3. The van der Waals surface area contributed by atoms with E-state index in [-0.39, 0.29) is 5.78 Å². The van der Waals surface area contributed by atoms with Crippen molar-refractivity contribution < 1.29 is 9.59 Å². The lowest BCUT2D eigenvalue weighted by Gasteiger charge is -2.05. The number of aldehydes is 1. The average Bonchev–Trinajstić information content (AvgIpc) is 2.75. The highest BCUT2D eigenvalue weighted by atomic mass is 16.1. The summed E-state index contributed by atoms with van der Waals surface area (Å²) in [5.41, 5.74) is 4.27. The van der Waals surface area contributed by atoms with Gasteiger partial charge in [-0.3, -0.25) is 9.59 Å². The molecule has 0 atom stereocenters. The van der Waals surface area contributed by atoms with E-state index in [0.29, 0.717) is 16.8 Å². The number of H-pyrrole nitrogens is 1. The van der Waals surface area contributed by atoms with Crippen LogP contribution in [0.25, 0.3) is 11.1 Å². The van der Waals surface area contributed by atoms with Crippen molar-refractivity contribution in [3.63, 3.8) is 0 Å². The van der Waals surface area contributed by atoms with Crippen LogP contribution in [0.2, 0.25) is 0 Å². The zero-order valence-corrected chi connectivity index (χ0v) is 11.2. The van der Waals surface area contributed by atoms with Crippen LogP contribution in [0.5, 0.6) is 0 Å². The van der Waals surface area contributed by atoms with Crippen LogP contribution in [0, 0.1) is 6.92 Å². The molecule has 2 rings (SSSR count). The molecule has 0 fully saturated rings. The molecule has 1 aromatic carbocycles. The van der Waals surface area contributed by atoms with E-state index in [9.17, 15) is 9.59 Å². The molecule has 2 aromatic rings. The Morgan fingerprint density at radius 3 is 2.37 bits per heavy atom. The van der Waals surface area contributed by atoms with E-state index in [1.54, 1.807) is 6.92 Å². The summed E-state index contributed by atoms with van der Waals surface area (Å²) in [5.74, 6) is -0.0467. The zero-order valence-electron chi connectivity index (χ0n) is 11.2. The van der Waals surface area contributed by atoms with Crippen molar-refractivity contribution in [2.75, 3.05) is 12.4 Å². The van der Waals surface area contributed by atoms with Crippen LogP contribution in [0.15, 0.2) is 24.3 Å². The maximum absolute atomic E-state index is 11.8. The maximum atomic E-state index is 11.8. The minimum Gasteiger partial charge on any atom is -0.388 e. The number of ketones is 1. The number of Topliss-reactive ketones (excluding diaryl/α,β-unsaturated/α-hetero) is 1. The Bertz CT molecular complexity index is 624. The van der Waals surface area contributed by atoms with Crippen molar-refractivity contribution in [1.82, 2.24) is 4.98 Å². The Labute approximate surface area is 111 Å². The van der Waals surface area contributed by atoms with Gasteiger partial charge in [0.15, 0.2) is 12.1 Å². The highest BCUT2D eigenvalue weighted by Gasteiger charge is 2.19. The Morgan fingerprint density at radius 1 is 1.26 bits per heavy atom. The lowest BCUT2D eigenvalue weighted by Crippen LogP contribution is -1.96. The summed E-state index contributed by atoms with van der Waals surface area (Å²) in [6.45, 7) is 3.31. The monoisotopic (exact) mass is 256 g/mol. The quantitative estimate of drug-likeness (QED) is 0.653. The second-order valence-electron chi connectivity index (χ2n) is 4.42. The van der Waals surface area contributed by atoms with E-state index >= 15 is 0 Å². The maximum Gasteiger partial charge on any atom is 0.166 e. The number of hydrogen-bond donors (Lipinski definition) is 2. The first-order valence-corrected chi connectivity index (χ1v) is 6.05. The van der Waals surface area contributed by atoms with Crippen LogP contribution in [0.1, 0.15) is 33.5 Å². The number of aromatic amines is 1. The van der Waals surface area contributed by atoms with Gasteiger partial charge in [0, 0.05) is 29.6 Å². The molecule has 0 saturated heterocycles. The molecular formula is C15H16N2O2. The second-order valence-corrected chi connectivity index (χ2v) is 4.42. The first-order valence-electron chi connectivity index (χ1n) is 6.05. The van der Waals surface area contributed by atoms with Crippen LogP contribution < -0.4 is 5.32 Å². The van der Waals surface area contributed by atoms with E-state index in [1.165, 1.54) is 6.92 Å². The summed E-state index contributed by atoms with van der Waals surface area (Å²) >= 11 is 0. The van der Waals surface area contributed by atoms with Crippen LogP contribution in [-0.4, -0.2) is 24.1 Å². The fourth-order valence-corrected chi connectivity index (χ4v) is 2.28. The summed E-state index contributed by atoms with van der Waals surface area (Å²) < 4.78 is 0. The average molecular weight is 256 g/mol. The summed E-state index contributed by atoms with van der Waals surface area (Å²) in [5, 5.41) is 3.03. The molecule has 98 valence electrons. The molecule has 19 heavy (non-hydrogen) atoms. The summed E-state index contributed by atoms with van der Waals surface area (Å²) in [4.78, 5) is 25.9. The fraction of sp³-hybridized carbons (Fsp3) is 0.200. The molecule has 0 aliphatic heterocycles. The number of benzene rings is 1. The molecular weight excluding hydrogens is 240 g/mol. The predicted octanol–water partition coefficient (Wildman–Crippen LogP) is 3.05. The van der Waals surface area contributed by atoms with Crippen molar-refractivity contribution in [1.29, 1.82) is 0 Å².